The van der Waals surface area contributed by atoms with Crippen LogP contribution in [0.1, 0.15) is 46.5 Å². The SMILES string of the molecule is CC1=C2C[C@@]3(C)[C@H](CCC[C@@H]3C)[C@H](O)[C@@]2(O)OC1=O. The second-order valence-electron chi connectivity index (χ2n) is 6.76. The second kappa shape index (κ2) is 3.83. The minimum absolute atomic E-state index is 0.0105. The maximum absolute atomic E-state index is 11.7. The van der Waals surface area contributed by atoms with Gasteiger partial charge in [0, 0.05) is 11.1 Å². The molecule has 0 unspecified atom stereocenters. The molecule has 0 saturated heterocycles. The number of carbonyl (C=O) groups excluding carboxylic acids is 1. The number of fused-ring (bicyclic) bond motifs is 2. The molecular weight excluding hydrogens is 244 g/mol. The molecule has 0 radical (unpaired) electrons. The standard InChI is InChI=1S/C15H22O4/c1-8-5-4-6-10-12(16)15(18)11(7-14(8,10)3)9(2)13(17)19-15/h8,10,12,16,18H,4-7H2,1-3H3/t8-,10+,12-,14+,15-/m0/s1. The number of hydrogen-bond donors (Lipinski definition) is 2. The largest absolute Gasteiger partial charge is 0.423 e. The molecule has 19 heavy (non-hydrogen) atoms. The molecule has 4 nitrogen and oxygen atoms in total. The van der Waals surface area contributed by atoms with Crippen LogP contribution < -0.4 is 0 Å². The van der Waals surface area contributed by atoms with Gasteiger partial charge in [-0.25, -0.2) is 4.79 Å². The minimum Gasteiger partial charge on any atom is -0.423 e. The summed E-state index contributed by atoms with van der Waals surface area (Å²) in [6.45, 7) is 6.06. The third kappa shape index (κ3) is 1.50. The fourth-order valence-corrected chi connectivity index (χ4v) is 4.32. The number of hydrogen-bond acceptors (Lipinski definition) is 4. The molecule has 0 spiro atoms. The van der Waals surface area contributed by atoms with Crippen molar-refractivity contribution in [3.63, 3.8) is 0 Å². The molecule has 3 rings (SSSR count). The first-order chi connectivity index (χ1) is 8.80. The Balaban J connectivity index is 2.09. The lowest BCUT2D eigenvalue weighted by Gasteiger charge is -2.55. The molecule has 2 saturated carbocycles. The van der Waals surface area contributed by atoms with Crippen LogP contribution in [0.2, 0.25) is 0 Å². The molecule has 1 aliphatic heterocycles. The maximum atomic E-state index is 11.7. The normalized spacial score (nSPS) is 49.7. The van der Waals surface area contributed by atoms with Crippen LogP contribution >= 0.6 is 0 Å². The lowest BCUT2D eigenvalue weighted by Crippen LogP contribution is -2.60. The summed E-state index contributed by atoms with van der Waals surface area (Å²) in [6, 6.07) is 0. The zero-order valence-electron chi connectivity index (χ0n) is 11.8. The first kappa shape index (κ1) is 13.1. The predicted molar refractivity (Wildman–Crippen MR) is 69.0 cm³/mol. The van der Waals surface area contributed by atoms with Gasteiger partial charge in [-0.3, -0.25) is 0 Å². The van der Waals surface area contributed by atoms with E-state index in [1.807, 2.05) is 0 Å². The van der Waals surface area contributed by atoms with Crippen molar-refractivity contribution in [1.29, 1.82) is 0 Å². The number of carbonyl (C=O) groups is 1. The Morgan fingerprint density at radius 2 is 2.05 bits per heavy atom. The van der Waals surface area contributed by atoms with E-state index in [9.17, 15) is 15.0 Å². The van der Waals surface area contributed by atoms with Crippen LogP contribution in [0.25, 0.3) is 0 Å². The summed E-state index contributed by atoms with van der Waals surface area (Å²) in [6.07, 6.45) is 2.71. The third-order valence-electron chi connectivity index (χ3n) is 5.90. The Morgan fingerprint density at radius 3 is 2.74 bits per heavy atom. The van der Waals surface area contributed by atoms with Gasteiger partial charge in [-0.05, 0) is 37.0 Å². The minimum atomic E-state index is -1.78. The van der Waals surface area contributed by atoms with Crippen molar-refractivity contribution in [2.24, 2.45) is 17.3 Å². The zero-order valence-corrected chi connectivity index (χ0v) is 11.8. The Labute approximate surface area is 113 Å². The van der Waals surface area contributed by atoms with Crippen LogP contribution in [0.4, 0.5) is 0 Å². The van der Waals surface area contributed by atoms with Gasteiger partial charge >= 0.3 is 5.97 Å². The molecule has 0 aromatic carbocycles. The van der Waals surface area contributed by atoms with Crippen LogP contribution in [0.15, 0.2) is 11.1 Å². The summed E-state index contributed by atoms with van der Waals surface area (Å²) >= 11 is 0. The molecule has 106 valence electrons. The molecular formula is C15H22O4. The van der Waals surface area contributed by atoms with Gasteiger partial charge in [-0.2, -0.15) is 0 Å². The number of esters is 1. The molecule has 4 heteroatoms. The maximum Gasteiger partial charge on any atom is 0.336 e. The zero-order chi connectivity index (χ0) is 14.0. The van der Waals surface area contributed by atoms with Crippen molar-refractivity contribution < 1.29 is 19.7 Å². The van der Waals surface area contributed by atoms with Crippen LogP contribution in [0.5, 0.6) is 0 Å². The van der Waals surface area contributed by atoms with Crippen LogP contribution in [-0.4, -0.2) is 28.1 Å². The molecule has 5 atom stereocenters. The van der Waals surface area contributed by atoms with Crippen molar-refractivity contribution in [2.75, 3.05) is 0 Å². The smallest absolute Gasteiger partial charge is 0.336 e. The highest BCUT2D eigenvalue weighted by Crippen LogP contribution is 2.59. The van der Waals surface area contributed by atoms with E-state index < -0.39 is 17.9 Å². The van der Waals surface area contributed by atoms with Gasteiger partial charge in [-0.15, -0.1) is 0 Å². The average Bonchev–Trinajstić information content (AvgIpc) is 2.56. The van der Waals surface area contributed by atoms with Crippen molar-refractivity contribution in [2.45, 2.75) is 58.3 Å². The molecule has 2 N–H and O–H groups in total. The first-order valence-electron chi connectivity index (χ1n) is 7.14. The summed E-state index contributed by atoms with van der Waals surface area (Å²) in [5.74, 6) is -1.81. The number of aliphatic hydroxyl groups is 2. The third-order valence-corrected chi connectivity index (χ3v) is 5.90. The molecule has 0 aromatic rings. The van der Waals surface area contributed by atoms with E-state index in [0.717, 1.165) is 19.3 Å². The summed E-state index contributed by atoms with van der Waals surface area (Å²) < 4.78 is 5.10. The monoisotopic (exact) mass is 266 g/mol. The molecule has 0 bridgehead atoms. The van der Waals surface area contributed by atoms with Crippen molar-refractivity contribution in [3.05, 3.63) is 11.1 Å². The van der Waals surface area contributed by atoms with Gasteiger partial charge < -0.3 is 14.9 Å². The first-order valence-corrected chi connectivity index (χ1v) is 7.14. The summed E-state index contributed by atoms with van der Waals surface area (Å²) in [5.41, 5.74) is 1.01. The van der Waals surface area contributed by atoms with E-state index in [1.54, 1.807) is 6.92 Å². The van der Waals surface area contributed by atoms with Crippen LogP contribution in [-0.2, 0) is 9.53 Å². The van der Waals surface area contributed by atoms with Crippen LogP contribution in [0, 0.1) is 17.3 Å². The summed E-state index contributed by atoms with van der Waals surface area (Å²) in [4.78, 5) is 11.7. The van der Waals surface area contributed by atoms with E-state index in [-0.39, 0.29) is 11.3 Å². The molecule has 3 aliphatic rings. The van der Waals surface area contributed by atoms with Gasteiger partial charge in [0.15, 0.2) is 0 Å². The molecule has 2 aliphatic carbocycles. The molecule has 2 fully saturated rings. The summed E-state index contributed by atoms with van der Waals surface area (Å²) in [5, 5.41) is 21.2. The van der Waals surface area contributed by atoms with Gasteiger partial charge in [0.25, 0.3) is 5.79 Å². The number of ether oxygens (including phenoxy) is 1. The second-order valence-corrected chi connectivity index (χ2v) is 6.76. The number of aliphatic hydroxyl groups excluding tert-OH is 1. The van der Waals surface area contributed by atoms with Crippen molar-refractivity contribution in [3.8, 4) is 0 Å². The fourth-order valence-electron chi connectivity index (χ4n) is 4.32. The topological polar surface area (TPSA) is 66.8 Å². The highest BCUT2D eigenvalue weighted by Gasteiger charge is 2.62. The highest BCUT2D eigenvalue weighted by atomic mass is 16.7. The van der Waals surface area contributed by atoms with E-state index in [0.29, 0.717) is 23.5 Å². The quantitative estimate of drug-likeness (QED) is 0.656. The van der Waals surface area contributed by atoms with E-state index >= 15 is 0 Å². The van der Waals surface area contributed by atoms with E-state index in [4.69, 9.17) is 4.74 Å². The van der Waals surface area contributed by atoms with Gasteiger partial charge in [0.05, 0.1) is 0 Å². The highest BCUT2D eigenvalue weighted by molar-refractivity contribution is 5.92. The van der Waals surface area contributed by atoms with E-state index in [1.165, 1.54) is 0 Å². The molecule has 1 heterocycles. The van der Waals surface area contributed by atoms with Crippen molar-refractivity contribution in [1.82, 2.24) is 0 Å². The van der Waals surface area contributed by atoms with Crippen molar-refractivity contribution >= 4 is 5.97 Å². The van der Waals surface area contributed by atoms with Crippen LogP contribution in [0.3, 0.4) is 0 Å². The fraction of sp³-hybridized carbons (Fsp3) is 0.800. The average molecular weight is 266 g/mol. The lowest BCUT2D eigenvalue weighted by atomic mass is 9.52. The van der Waals surface area contributed by atoms with E-state index in [2.05, 4.69) is 13.8 Å². The van der Waals surface area contributed by atoms with Gasteiger partial charge in [-0.1, -0.05) is 26.7 Å². The molecule has 0 amide bonds. The Bertz CT molecular complexity index is 469. The van der Waals surface area contributed by atoms with Gasteiger partial charge in [0.2, 0.25) is 0 Å². The Kier molecular flexibility index (Phi) is 2.64. The number of rotatable bonds is 0. The summed E-state index contributed by atoms with van der Waals surface area (Å²) in [7, 11) is 0. The van der Waals surface area contributed by atoms with Gasteiger partial charge in [0.1, 0.15) is 6.10 Å². The Morgan fingerprint density at radius 1 is 1.37 bits per heavy atom. The Hall–Kier alpha value is -0.870. The molecule has 0 aromatic heterocycles. The lowest BCUT2D eigenvalue weighted by molar-refractivity contribution is -0.255. The predicted octanol–water partition coefficient (Wildman–Crippen LogP) is 1.76.